The molecule has 124 valence electrons. The van der Waals surface area contributed by atoms with E-state index in [1.54, 1.807) is 0 Å². The van der Waals surface area contributed by atoms with Gasteiger partial charge in [-0.15, -0.1) is 0 Å². The molecule has 25 heavy (non-hydrogen) atoms. The summed E-state index contributed by atoms with van der Waals surface area (Å²) in [7, 11) is 0. The molecule has 0 amide bonds. The van der Waals surface area contributed by atoms with E-state index in [1.807, 2.05) is 65.6 Å². The van der Waals surface area contributed by atoms with Crippen molar-refractivity contribution in [2.24, 2.45) is 5.10 Å². The number of benzene rings is 2. The first-order valence-electron chi connectivity index (χ1n) is 8.71. The van der Waals surface area contributed by atoms with Crippen molar-refractivity contribution in [1.29, 1.82) is 0 Å². The number of nitrogens with zero attached hydrogens (tertiary/aromatic N) is 4. The number of unbranched alkanes of at least 4 members (excludes halogenated alkanes) is 1. The van der Waals surface area contributed by atoms with E-state index in [2.05, 4.69) is 18.0 Å². The first kappa shape index (κ1) is 15.5. The lowest BCUT2D eigenvalue weighted by Crippen LogP contribution is -1.99. The van der Waals surface area contributed by atoms with Crippen LogP contribution in [-0.4, -0.2) is 20.9 Å². The fraction of sp³-hybridized carbons (Fsp3) is 0.190. The lowest BCUT2D eigenvalue weighted by atomic mass is 10.2. The van der Waals surface area contributed by atoms with Crippen molar-refractivity contribution < 1.29 is 0 Å². The molecule has 0 aliphatic carbocycles. The number of hydrogen-bond donors (Lipinski definition) is 0. The van der Waals surface area contributed by atoms with Crippen molar-refractivity contribution in [3.63, 3.8) is 0 Å². The van der Waals surface area contributed by atoms with Crippen LogP contribution >= 0.6 is 0 Å². The van der Waals surface area contributed by atoms with Crippen LogP contribution in [0, 0.1) is 0 Å². The number of imidazole rings is 1. The zero-order chi connectivity index (χ0) is 17.1. The van der Waals surface area contributed by atoms with Crippen LogP contribution in [0.1, 0.15) is 31.2 Å². The number of para-hydroxylation sites is 1. The van der Waals surface area contributed by atoms with Gasteiger partial charge in [0.1, 0.15) is 16.9 Å². The molecular formula is C21H20N4. The molecule has 2 heterocycles. The van der Waals surface area contributed by atoms with Crippen LogP contribution in [-0.2, 0) is 6.42 Å². The quantitative estimate of drug-likeness (QED) is 0.493. The number of rotatable bonds is 5. The van der Waals surface area contributed by atoms with E-state index < -0.39 is 0 Å². The van der Waals surface area contributed by atoms with Crippen LogP contribution < -0.4 is 0 Å². The summed E-state index contributed by atoms with van der Waals surface area (Å²) in [6, 6.07) is 18.3. The third-order valence-electron chi connectivity index (χ3n) is 4.31. The largest absolute Gasteiger partial charge is 0.254 e. The minimum Gasteiger partial charge on any atom is -0.254 e. The van der Waals surface area contributed by atoms with Gasteiger partial charge in [-0.2, -0.15) is 5.10 Å². The molecule has 0 radical (unpaired) electrons. The second kappa shape index (κ2) is 6.85. The minimum absolute atomic E-state index is 0.898. The third-order valence-corrected chi connectivity index (χ3v) is 4.31. The van der Waals surface area contributed by atoms with Gasteiger partial charge in [-0.3, -0.25) is 4.98 Å². The third kappa shape index (κ3) is 3.03. The smallest absolute Gasteiger partial charge is 0.131 e. The molecule has 0 unspecified atom stereocenters. The molecule has 2 aromatic heterocycles. The van der Waals surface area contributed by atoms with Gasteiger partial charge in [0.2, 0.25) is 0 Å². The summed E-state index contributed by atoms with van der Waals surface area (Å²) in [5.74, 6) is 0.988. The van der Waals surface area contributed by atoms with Gasteiger partial charge in [0.25, 0.3) is 0 Å². The Bertz CT molecular complexity index is 1030. The Morgan fingerprint density at radius 2 is 1.80 bits per heavy atom. The maximum absolute atomic E-state index is 4.80. The Balaban J connectivity index is 1.91. The maximum Gasteiger partial charge on any atom is 0.131 e. The predicted octanol–water partition coefficient (Wildman–Crippen LogP) is 4.81. The summed E-state index contributed by atoms with van der Waals surface area (Å²) in [6.07, 6.45) is 6.87. The molecule has 0 aliphatic rings. The van der Waals surface area contributed by atoms with Gasteiger partial charge in [0.05, 0.1) is 17.9 Å². The second-order valence-corrected chi connectivity index (χ2v) is 6.11. The molecule has 0 saturated heterocycles. The average Bonchev–Trinajstić information content (AvgIpc) is 3.03. The Labute approximate surface area is 146 Å². The summed E-state index contributed by atoms with van der Waals surface area (Å²) in [6.45, 7) is 2.19. The van der Waals surface area contributed by atoms with Gasteiger partial charge in [0, 0.05) is 11.8 Å². The van der Waals surface area contributed by atoms with Gasteiger partial charge in [-0.1, -0.05) is 61.9 Å². The van der Waals surface area contributed by atoms with Gasteiger partial charge in [-0.05, 0) is 18.1 Å². The SMILES string of the molecule is CCCCc1nc2cnc3ccccc3c2n1N=Cc1ccccc1. The molecule has 0 aliphatic heterocycles. The molecule has 0 N–H and O–H groups in total. The highest BCUT2D eigenvalue weighted by Crippen LogP contribution is 2.25. The van der Waals surface area contributed by atoms with Gasteiger partial charge >= 0.3 is 0 Å². The van der Waals surface area contributed by atoms with Crippen LogP contribution in [0.25, 0.3) is 21.9 Å². The molecular weight excluding hydrogens is 308 g/mol. The van der Waals surface area contributed by atoms with Crippen molar-refractivity contribution in [3.05, 3.63) is 72.2 Å². The summed E-state index contributed by atoms with van der Waals surface area (Å²) in [5, 5.41) is 5.85. The van der Waals surface area contributed by atoms with Crippen molar-refractivity contribution in [3.8, 4) is 0 Å². The highest BCUT2D eigenvalue weighted by atomic mass is 15.4. The molecule has 0 bridgehead atoms. The summed E-state index contributed by atoms with van der Waals surface area (Å²) < 4.78 is 1.99. The molecule has 2 aromatic carbocycles. The molecule has 0 atom stereocenters. The van der Waals surface area contributed by atoms with E-state index >= 15 is 0 Å². The fourth-order valence-corrected chi connectivity index (χ4v) is 3.02. The predicted molar refractivity (Wildman–Crippen MR) is 103 cm³/mol. The number of aryl methyl sites for hydroxylation is 1. The first-order chi connectivity index (χ1) is 12.4. The van der Waals surface area contributed by atoms with E-state index in [4.69, 9.17) is 10.1 Å². The van der Waals surface area contributed by atoms with E-state index in [0.29, 0.717) is 0 Å². The van der Waals surface area contributed by atoms with Crippen molar-refractivity contribution >= 4 is 28.2 Å². The minimum atomic E-state index is 0.898. The molecule has 0 spiro atoms. The number of hydrogen-bond acceptors (Lipinski definition) is 3. The Kier molecular flexibility index (Phi) is 4.25. The van der Waals surface area contributed by atoms with Crippen LogP contribution in [0.3, 0.4) is 0 Å². The molecule has 4 aromatic rings. The molecule has 4 nitrogen and oxygen atoms in total. The van der Waals surface area contributed by atoms with E-state index in [0.717, 1.165) is 52.6 Å². The fourth-order valence-electron chi connectivity index (χ4n) is 3.02. The monoisotopic (exact) mass is 328 g/mol. The van der Waals surface area contributed by atoms with Crippen LogP contribution in [0.2, 0.25) is 0 Å². The van der Waals surface area contributed by atoms with Crippen LogP contribution in [0.15, 0.2) is 65.9 Å². The Morgan fingerprint density at radius 3 is 2.64 bits per heavy atom. The maximum atomic E-state index is 4.80. The molecule has 4 heteroatoms. The number of pyridine rings is 1. The summed E-state index contributed by atoms with van der Waals surface area (Å²) in [4.78, 5) is 9.33. The van der Waals surface area contributed by atoms with Gasteiger partial charge in [-0.25, -0.2) is 9.66 Å². The standard InChI is InChI=1S/C21H20N4/c1-2-3-13-20-24-19-15-22-18-12-8-7-11-17(18)21(19)25(20)23-14-16-9-5-4-6-10-16/h4-12,14-15H,2-3,13H2,1H3. The van der Waals surface area contributed by atoms with Gasteiger partial charge < -0.3 is 0 Å². The first-order valence-corrected chi connectivity index (χ1v) is 8.71. The number of aromatic nitrogens is 3. The Morgan fingerprint density at radius 1 is 1.00 bits per heavy atom. The van der Waals surface area contributed by atoms with Crippen LogP contribution in [0.4, 0.5) is 0 Å². The molecule has 0 saturated carbocycles. The molecule has 4 rings (SSSR count). The van der Waals surface area contributed by atoms with E-state index in [9.17, 15) is 0 Å². The van der Waals surface area contributed by atoms with E-state index in [-0.39, 0.29) is 0 Å². The zero-order valence-electron chi connectivity index (χ0n) is 14.3. The topological polar surface area (TPSA) is 43.1 Å². The van der Waals surface area contributed by atoms with Crippen molar-refractivity contribution in [1.82, 2.24) is 14.6 Å². The normalized spacial score (nSPS) is 11.7. The lowest BCUT2D eigenvalue weighted by Gasteiger charge is -2.04. The Hall–Kier alpha value is -3.01. The van der Waals surface area contributed by atoms with Crippen molar-refractivity contribution in [2.45, 2.75) is 26.2 Å². The lowest BCUT2D eigenvalue weighted by molar-refractivity contribution is 0.714. The summed E-state index contributed by atoms with van der Waals surface area (Å²) in [5.41, 5.74) is 3.97. The molecule has 0 fully saturated rings. The average molecular weight is 328 g/mol. The number of fused-ring (bicyclic) bond motifs is 3. The van der Waals surface area contributed by atoms with Crippen LogP contribution in [0.5, 0.6) is 0 Å². The van der Waals surface area contributed by atoms with Gasteiger partial charge in [0.15, 0.2) is 0 Å². The van der Waals surface area contributed by atoms with Crippen molar-refractivity contribution in [2.75, 3.05) is 0 Å². The highest BCUT2D eigenvalue weighted by Gasteiger charge is 2.13. The second-order valence-electron chi connectivity index (χ2n) is 6.11. The zero-order valence-corrected chi connectivity index (χ0v) is 14.3. The highest BCUT2D eigenvalue weighted by molar-refractivity contribution is 6.02. The van der Waals surface area contributed by atoms with E-state index in [1.165, 1.54) is 0 Å². The summed E-state index contributed by atoms with van der Waals surface area (Å²) >= 11 is 0.